The van der Waals surface area contributed by atoms with Gasteiger partial charge < -0.3 is 20.3 Å². The number of aryl methyl sites for hydroxylation is 2. The number of aromatic carboxylic acids is 1. The molecule has 1 amide bonds. The number of carboxylic acids is 1. The molecule has 0 bridgehead atoms. The third-order valence-electron chi connectivity index (χ3n) is 6.03. The molecule has 3 N–H and O–H groups in total. The molecule has 0 unspecified atom stereocenters. The first kappa shape index (κ1) is 28.7. The van der Waals surface area contributed by atoms with Crippen molar-refractivity contribution in [3.63, 3.8) is 0 Å². The van der Waals surface area contributed by atoms with Crippen molar-refractivity contribution in [2.45, 2.75) is 27.7 Å². The average molecular weight is 606 g/mol. The van der Waals surface area contributed by atoms with Crippen LogP contribution in [0.1, 0.15) is 44.6 Å². The molecular weight excluding hydrogens is 578 g/mol. The molecule has 12 nitrogen and oxygen atoms in total. The number of primary amides is 1. The Morgan fingerprint density at radius 3 is 1.69 bits per heavy atom. The lowest BCUT2D eigenvalue weighted by molar-refractivity contribution is 0.0697. The molecule has 0 aromatic carbocycles. The van der Waals surface area contributed by atoms with Gasteiger partial charge in [-0.1, -0.05) is 12.1 Å². The summed E-state index contributed by atoms with van der Waals surface area (Å²) in [5.74, 6) is -1.10. The van der Waals surface area contributed by atoms with Crippen molar-refractivity contribution >= 4 is 45.6 Å². The monoisotopic (exact) mass is 605 g/mol. The molecule has 14 heteroatoms. The average Bonchev–Trinajstić information content (AvgIpc) is 3.71. The molecule has 0 saturated carbocycles. The van der Waals surface area contributed by atoms with E-state index in [1.54, 1.807) is 16.0 Å². The number of thiazole rings is 2. The lowest BCUT2D eigenvalue weighted by Crippen LogP contribution is -2.10. The molecule has 0 saturated heterocycles. The van der Waals surface area contributed by atoms with Crippen LogP contribution in [0.4, 0.5) is 0 Å². The second kappa shape index (κ2) is 12.0. The van der Waals surface area contributed by atoms with E-state index in [9.17, 15) is 14.7 Å². The molecule has 0 fully saturated rings. The third-order valence-corrected chi connectivity index (χ3v) is 8.14. The molecule has 0 aliphatic heterocycles. The summed E-state index contributed by atoms with van der Waals surface area (Å²) in [6.07, 6.45) is 3.72. The van der Waals surface area contributed by atoms with Crippen molar-refractivity contribution in [1.82, 2.24) is 29.2 Å². The van der Waals surface area contributed by atoms with E-state index in [1.165, 1.54) is 11.3 Å². The Kier molecular flexibility index (Phi) is 8.17. The molecule has 42 heavy (non-hydrogen) atoms. The summed E-state index contributed by atoms with van der Waals surface area (Å²) in [7, 11) is 0. The van der Waals surface area contributed by atoms with E-state index >= 15 is 0 Å². The first-order valence-corrected chi connectivity index (χ1v) is 14.6. The molecule has 216 valence electrons. The molecular formula is C28H27N7O5S2. The number of ether oxygens (including phenoxy) is 2. The van der Waals surface area contributed by atoms with Gasteiger partial charge in [-0.3, -0.25) is 4.79 Å². The highest BCUT2D eigenvalue weighted by molar-refractivity contribution is 7.17. The Morgan fingerprint density at radius 2 is 1.26 bits per heavy atom. The number of carbonyl (C=O) groups excluding carboxylic acids is 1. The molecule has 6 aromatic heterocycles. The van der Waals surface area contributed by atoms with E-state index in [1.807, 2.05) is 69.6 Å². The number of hydrogen-bond donors (Lipinski definition) is 2. The minimum Gasteiger partial charge on any atom is -0.477 e. The molecule has 0 atom stereocenters. The maximum atomic E-state index is 11.5. The molecule has 6 heterocycles. The fourth-order valence-electron chi connectivity index (χ4n) is 4.35. The van der Waals surface area contributed by atoms with Crippen molar-refractivity contribution in [2.75, 3.05) is 13.2 Å². The quantitative estimate of drug-likeness (QED) is 0.240. The van der Waals surface area contributed by atoms with Crippen molar-refractivity contribution in [3.8, 4) is 32.9 Å². The highest BCUT2D eigenvalue weighted by atomic mass is 32.1. The summed E-state index contributed by atoms with van der Waals surface area (Å²) in [5.41, 5.74) is 10.6. The number of aromatic nitrogens is 6. The molecule has 0 aliphatic carbocycles. The number of rotatable bonds is 8. The van der Waals surface area contributed by atoms with Crippen LogP contribution in [0.25, 0.3) is 32.2 Å². The highest BCUT2D eigenvalue weighted by Gasteiger charge is 2.23. The maximum Gasteiger partial charge on any atom is 0.351 e. The van der Waals surface area contributed by atoms with Gasteiger partial charge in [0.1, 0.15) is 10.0 Å². The van der Waals surface area contributed by atoms with Gasteiger partial charge in [-0.2, -0.15) is 10.2 Å². The van der Waals surface area contributed by atoms with Crippen LogP contribution in [0.3, 0.4) is 0 Å². The fourth-order valence-corrected chi connectivity index (χ4v) is 6.27. The summed E-state index contributed by atoms with van der Waals surface area (Å²) in [6.45, 7) is 8.22. The number of nitrogens with two attached hydrogens (primary N) is 1. The van der Waals surface area contributed by atoms with E-state index in [4.69, 9.17) is 15.2 Å². The molecule has 0 aliphatic rings. The largest absolute Gasteiger partial charge is 0.477 e. The highest BCUT2D eigenvalue weighted by Crippen LogP contribution is 2.37. The second-order valence-corrected chi connectivity index (χ2v) is 10.8. The lowest BCUT2D eigenvalue weighted by Gasteiger charge is -1.98. The van der Waals surface area contributed by atoms with Crippen LogP contribution in [0, 0.1) is 13.8 Å². The van der Waals surface area contributed by atoms with E-state index < -0.39 is 11.9 Å². The number of fused-ring (bicyclic) bond motifs is 2. The van der Waals surface area contributed by atoms with Crippen molar-refractivity contribution in [1.29, 1.82) is 0 Å². The Bertz CT molecular complexity index is 1780. The van der Waals surface area contributed by atoms with Gasteiger partial charge >= 0.3 is 5.97 Å². The Hall–Kier alpha value is -4.82. The van der Waals surface area contributed by atoms with Crippen molar-refractivity contribution in [3.05, 3.63) is 69.9 Å². The van der Waals surface area contributed by atoms with Gasteiger partial charge in [-0.15, -0.1) is 22.7 Å². The normalized spacial score (nSPS) is 11.0. The van der Waals surface area contributed by atoms with Crippen LogP contribution in [0.15, 0.2) is 48.8 Å². The minimum absolute atomic E-state index is 0.113. The smallest absolute Gasteiger partial charge is 0.351 e. The van der Waals surface area contributed by atoms with Crippen LogP contribution < -0.4 is 15.2 Å². The predicted molar refractivity (Wildman–Crippen MR) is 160 cm³/mol. The van der Waals surface area contributed by atoms with Crippen molar-refractivity contribution in [2.24, 2.45) is 5.73 Å². The first-order chi connectivity index (χ1) is 20.2. The van der Waals surface area contributed by atoms with E-state index in [2.05, 4.69) is 20.2 Å². The third kappa shape index (κ3) is 5.41. The van der Waals surface area contributed by atoms with Gasteiger partial charge in [0.2, 0.25) is 11.8 Å². The topological polar surface area (TPSA) is 159 Å². The van der Waals surface area contributed by atoms with Gasteiger partial charge in [0.15, 0.2) is 9.75 Å². The minimum atomic E-state index is -1.03. The second-order valence-electron chi connectivity index (χ2n) is 8.82. The molecule has 0 spiro atoms. The predicted octanol–water partition coefficient (Wildman–Crippen LogP) is 5.13. The number of hydrogen-bond acceptors (Lipinski definition) is 10. The number of carbonyl (C=O) groups is 2. The molecule has 0 radical (unpaired) electrons. The van der Waals surface area contributed by atoms with E-state index in [0.29, 0.717) is 34.0 Å². The Balaban J connectivity index is 0.000000168. The summed E-state index contributed by atoms with van der Waals surface area (Å²) < 4.78 is 14.3. The van der Waals surface area contributed by atoms with Gasteiger partial charge in [-0.05, 0) is 52.0 Å². The summed E-state index contributed by atoms with van der Waals surface area (Å²) in [4.78, 5) is 32.0. The van der Waals surface area contributed by atoms with Gasteiger partial charge in [0.25, 0.3) is 5.91 Å². The van der Waals surface area contributed by atoms with Crippen LogP contribution in [0.2, 0.25) is 0 Å². The molecule has 6 rings (SSSR count). The SMILES string of the molecule is CCOc1nc(-c2c(C)nn3ccccc23)sc1C(=O)O.CCOc1nc(-c2c(C)nn3ccccc23)sc1C(N)=O. The van der Waals surface area contributed by atoms with Crippen LogP contribution in [-0.4, -0.2) is 59.4 Å². The summed E-state index contributed by atoms with van der Waals surface area (Å²) in [6, 6.07) is 11.5. The van der Waals surface area contributed by atoms with Crippen molar-refractivity contribution < 1.29 is 24.2 Å². The number of amides is 1. The Labute approximate surface area is 248 Å². The van der Waals surface area contributed by atoms with Crippen LogP contribution in [-0.2, 0) is 0 Å². The standard InChI is InChI=1S/C14H14N4O2S.C14H13N3O3S/c1-3-20-13-11(12(15)19)21-14(16-13)10-8(2)17-18-7-5-4-6-9(10)18;1-3-20-12-11(14(18)19)21-13(15-12)10-8(2)16-17-7-5-4-6-9(10)17/h4-7H,3H2,1-2H3,(H2,15,19);4-7H,3H2,1-2H3,(H,18,19). The molecule has 6 aromatic rings. The summed E-state index contributed by atoms with van der Waals surface area (Å²) >= 11 is 2.34. The zero-order chi connectivity index (χ0) is 30.0. The van der Waals surface area contributed by atoms with Crippen LogP contribution in [0.5, 0.6) is 11.8 Å². The van der Waals surface area contributed by atoms with E-state index in [0.717, 1.165) is 44.9 Å². The van der Waals surface area contributed by atoms with Gasteiger partial charge in [0, 0.05) is 12.4 Å². The van der Waals surface area contributed by atoms with Crippen LogP contribution >= 0.6 is 22.7 Å². The Morgan fingerprint density at radius 1 is 0.810 bits per heavy atom. The lowest BCUT2D eigenvalue weighted by atomic mass is 10.2. The number of pyridine rings is 2. The fraction of sp³-hybridized carbons (Fsp3) is 0.214. The number of nitrogens with zero attached hydrogens (tertiary/aromatic N) is 6. The zero-order valence-electron chi connectivity index (χ0n) is 23.2. The summed E-state index contributed by atoms with van der Waals surface area (Å²) in [5, 5.41) is 19.4. The number of carboxylic acid groups (broad SMARTS) is 1. The maximum absolute atomic E-state index is 11.5. The van der Waals surface area contributed by atoms with Gasteiger partial charge in [0.05, 0.1) is 46.8 Å². The zero-order valence-corrected chi connectivity index (χ0v) is 24.8. The van der Waals surface area contributed by atoms with E-state index in [-0.39, 0.29) is 10.8 Å². The first-order valence-electron chi connectivity index (χ1n) is 12.9. The van der Waals surface area contributed by atoms with Gasteiger partial charge in [-0.25, -0.2) is 23.8 Å².